The highest BCUT2D eigenvalue weighted by Crippen LogP contribution is 2.32. The molecule has 0 bridgehead atoms. The third-order valence-electron chi connectivity index (χ3n) is 4.43. The first-order chi connectivity index (χ1) is 10.2. The van der Waals surface area contributed by atoms with Crippen molar-refractivity contribution in [2.24, 2.45) is 5.73 Å². The Morgan fingerprint density at radius 2 is 2.05 bits per heavy atom. The van der Waals surface area contributed by atoms with Gasteiger partial charge in [-0.25, -0.2) is 4.39 Å². The van der Waals surface area contributed by atoms with Gasteiger partial charge in [0, 0.05) is 38.8 Å². The maximum absolute atomic E-state index is 14.5. The molecule has 4 nitrogen and oxygen atoms in total. The zero-order valence-electron chi connectivity index (χ0n) is 12.0. The molecule has 1 atom stereocenters. The SMILES string of the molecule is NCc1ccc(N2CCC(N3CCOCC3)C2)c(F)c1Br. The first-order valence-electron chi connectivity index (χ1n) is 7.44. The molecular formula is C15H21BrFN3O. The van der Waals surface area contributed by atoms with Crippen LogP contribution in [-0.4, -0.2) is 50.3 Å². The van der Waals surface area contributed by atoms with Crippen LogP contribution in [0.4, 0.5) is 10.1 Å². The maximum atomic E-state index is 14.5. The molecule has 0 aromatic heterocycles. The van der Waals surface area contributed by atoms with Gasteiger partial charge in [0.25, 0.3) is 0 Å². The Kier molecular flexibility index (Phi) is 4.78. The summed E-state index contributed by atoms with van der Waals surface area (Å²) in [5, 5.41) is 0. The molecule has 2 N–H and O–H groups in total. The van der Waals surface area contributed by atoms with Crippen LogP contribution in [0.5, 0.6) is 0 Å². The van der Waals surface area contributed by atoms with E-state index < -0.39 is 0 Å². The second kappa shape index (κ2) is 6.60. The van der Waals surface area contributed by atoms with E-state index in [4.69, 9.17) is 10.5 Å². The van der Waals surface area contributed by atoms with E-state index in [1.165, 1.54) is 0 Å². The predicted octanol–water partition coefficient (Wildman–Crippen LogP) is 1.96. The van der Waals surface area contributed by atoms with Crippen LogP contribution in [0.2, 0.25) is 0 Å². The van der Waals surface area contributed by atoms with Crippen molar-refractivity contribution in [2.75, 3.05) is 44.3 Å². The highest BCUT2D eigenvalue weighted by molar-refractivity contribution is 9.10. The lowest BCUT2D eigenvalue weighted by Gasteiger charge is -2.32. The number of morpholine rings is 1. The summed E-state index contributed by atoms with van der Waals surface area (Å²) in [5.41, 5.74) is 7.10. The van der Waals surface area contributed by atoms with Crippen molar-refractivity contribution in [1.29, 1.82) is 0 Å². The fourth-order valence-electron chi connectivity index (χ4n) is 3.18. The van der Waals surface area contributed by atoms with E-state index in [-0.39, 0.29) is 5.82 Å². The molecule has 1 aromatic carbocycles. The van der Waals surface area contributed by atoms with Crippen LogP contribution in [0.15, 0.2) is 16.6 Å². The van der Waals surface area contributed by atoms with Crippen LogP contribution in [0.1, 0.15) is 12.0 Å². The highest BCUT2D eigenvalue weighted by atomic mass is 79.9. The number of nitrogens with zero attached hydrogens (tertiary/aromatic N) is 2. The minimum absolute atomic E-state index is 0.194. The molecule has 6 heteroatoms. The Bertz CT molecular complexity index is 508. The summed E-state index contributed by atoms with van der Waals surface area (Å²) in [5.74, 6) is -0.194. The number of hydrogen-bond acceptors (Lipinski definition) is 4. The normalized spacial score (nSPS) is 23.8. The van der Waals surface area contributed by atoms with E-state index in [2.05, 4.69) is 25.7 Å². The Morgan fingerprint density at radius 1 is 1.29 bits per heavy atom. The summed E-state index contributed by atoms with van der Waals surface area (Å²) in [7, 11) is 0. The second-order valence-corrected chi connectivity index (χ2v) is 6.41. The Balaban J connectivity index is 1.72. The van der Waals surface area contributed by atoms with Gasteiger partial charge in [-0.15, -0.1) is 0 Å². The van der Waals surface area contributed by atoms with E-state index in [1.54, 1.807) is 0 Å². The minimum Gasteiger partial charge on any atom is -0.379 e. The van der Waals surface area contributed by atoms with Gasteiger partial charge in [-0.3, -0.25) is 4.90 Å². The van der Waals surface area contributed by atoms with Crippen LogP contribution < -0.4 is 10.6 Å². The van der Waals surface area contributed by atoms with Crippen LogP contribution >= 0.6 is 15.9 Å². The van der Waals surface area contributed by atoms with Crippen molar-refractivity contribution >= 4 is 21.6 Å². The smallest absolute Gasteiger partial charge is 0.160 e. The third kappa shape index (κ3) is 3.08. The van der Waals surface area contributed by atoms with Gasteiger partial charge < -0.3 is 15.4 Å². The van der Waals surface area contributed by atoms with Crippen molar-refractivity contribution in [3.8, 4) is 0 Å². The zero-order valence-corrected chi connectivity index (χ0v) is 13.6. The maximum Gasteiger partial charge on any atom is 0.160 e. The molecule has 0 aliphatic carbocycles. The molecular weight excluding hydrogens is 337 g/mol. The average Bonchev–Trinajstić information content (AvgIpc) is 3.00. The van der Waals surface area contributed by atoms with E-state index in [0.717, 1.165) is 51.4 Å². The quantitative estimate of drug-likeness (QED) is 0.897. The molecule has 2 fully saturated rings. The molecule has 2 aliphatic heterocycles. The second-order valence-electron chi connectivity index (χ2n) is 5.61. The molecule has 0 spiro atoms. The zero-order chi connectivity index (χ0) is 14.8. The van der Waals surface area contributed by atoms with Gasteiger partial charge in [0.2, 0.25) is 0 Å². The van der Waals surface area contributed by atoms with Crippen molar-refractivity contribution in [1.82, 2.24) is 4.90 Å². The molecule has 21 heavy (non-hydrogen) atoms. The third-order valence-corrected chi connectivity index (χ3v) is 5.29. The van der Waals surface area contributed by atoms with Gasteiger partial charge in [-0.1, -0.05) is 6.07 Å². The molecule has 0 amide bonds. The predicted molar refractivity (Wildman–Crippen MR) is 85.0 cm³/mol. The molecule has 1 unspecified atom stereocenters. The average molecular weight is 358 g/mol. The lowest BCUT2D eigenvalue weighted by molar-refractivity contribution is 0.0209. The van der Waals surface area contributed by atoms with Gasteiger partial charge in [0.05, 0.1) is 23.4 Å². The number of anilines is 1. The number of hydrogen-bond donors (Lipinski definition) is 1. The fourth-order valence-corrected chi connectivity index (χ4v) is 3.68. The van der Waals surface area contributed by atoms with Crippen molar-refractivity contribution in [2.45, 2.75) is 19.0 Å². The minimum atomic E-state index is -0.194. The van der Waals surface area contributed by atoms with E-state index >= 15 is 0 Å². The number of rotatable bonds is 3. The van der Waals surface area contributed by atoms with Crippen LogP contribution in [0.3, 0.4) is 0 Å². The standard InChI is InChI=1S/C15H21BrFN3O/c16-14-11(9-18)1-2-13(15(14)17)20-4-3-12(10-20)19-5-7-21-8-6-19/h1-2,12H,3-10,18H2. The Hall–Kier alpha value is -0.690. The summed E-state index contributed by atoms with van der Waals surface area (Å²) >= 11 is 3.32. The fraction of sp³-hybridized carbons (Fsp3) is 0.600. The molecule has 116 valence electrons. The molecule has 2 saturated heterocycles. The number of benzene rings is 1. The van der Waals surface area contributed by atoms with Gasteiger partial charge in [-0.05, 0) is 34.0 Å². The monoisotopic (exact) mass is 357 g/mol. The lowest BCUT2D eigenvalue weighted by atomic mass is 10.2. The van der Waals surface area contributed by atoms with E-state index in [0.29, 0.717) is 22.7 Å². The lowest BCUT2D eigenvalue weighted by Crippen LogP contribution is -2.44. The van der Waals surface area contributed by atoms with E-state index in [9.17, 15) is 4.39 Å². The Morgan fingerprint density at radius 3 is 2.76 bits per heavy atom. The topological polar surface area (TPSA) is 41.7 Å². The van der Waals surface area contributed by atoms with Gasteiger partial charge in [0.15, 0.2) is 5.82 Å². The van der Waals surface area contributed by atoms with Crippen LogP contribution in [0.25, 0.3) is 0 Å². The molecule has 1 aromatic rings. The summed E-state index contributed by atoms with van der Waals surface area (Å²) in [6, 6.07) is 4.26. The summed E-state index contributed by atoms with van der Waals surface area (Å²) < 4.78 is 20.4. The summed E-state index contributed by atoms with van der Waals surface area (Å²) in [4.78, 5) is 4.60. The molecule has 2 aliphatic rings. The molecule has 2 heterocycles. The van der Waals surface area contributed by atoms with Crippen LogP contribution in [0, 0.1) is 5.82 Å². The first kappa shape index (κ1) is 15.2. The summed E-state index contributed by atoms with van der Waals surface area (Å²) in [6.07, 6.45) is 1.08. The number of ether oxygens (including phenoxy) is 1. The van der Waals surface area contributed by atoms with Gasteiger partial charge in [0.1, 0.15) is 0 Å². The van der Waals surface area contributed by atoms with Crippen molar-refractivity contribution in [3.05, 3.63) is 28.0 Å². The molecule has 0 radical (unpaired) electrons. The van der Waals surface area contributed by atoms with Gasteiger partial charge in [-0.2, -0.15) is 0 Å². The van der Waals surface area contributed by atoms with Crippen LogP contribution in [-0.2, 0) is 11.3 Å². The Labute approximate surface area is 133 Å². The first-order valence-corrected chi connectivity index (χ1v) is 8.23. The number of nitrogens with two attached hydrogens (primary N) is 1. The van der Waals surface area contributed by atoms with E-state index in [1.807, 2.05) is 12.1 Å². The largest absolute Gasteiger partial charge is 0.379 e. The van der Waals surface area contributed by atoms with Crippen molar-refractivity contribution in [3.63, 3.8) is 0 Å². The molecule has 0 saturated carbocycles. The molecule has 3 rings (SSSR count). The number of halogens is 2. The van der Waals surface area contributed by atoms with Gasteiger partial charge >= 0.3 is 0 Å². The van der Waals surface area contributed by atoms with Crippen molar-refractivity contribution < 1.29 is 9.13 Å². The highest BCUT2D eigenvalue weighted by Gasteiger charge is 2.30. The summed E-state index contributed by atoms with van der Waals surface area (Å²) in [6.45, 7) is 5.70.